The minimum Gasteiger partial charge on any atom is -0.368 e. The minimum absolute atomic E-state index is 0.0597. The van der Waals surface area contributed by atoms with Gasteiger partial charge in [-0.15, -0.1) is 11.8 Å². The number of benzene rings is 2. The summed E-state index contributed by atoms with van der Waals surface area (Å²) >= 11 is 1.42. The van der Waals surface area contributed by atoms with Crippen LogP contribution >= 0.6 is 11.8 Å². The third-order valence-corrected chi connectivity index (χ3v) is 4.79. The number of aryl methyl sites for hydroxylation is 1. The lowest BCUT2D eigenvalue weighted by Gasteiger charge is -2.10. The van der Waals surface area contributed by atoms with E-state index >= 15 is 0 Å². The first-order valence-corrected chi connectivity index (χ1v) is 10.1. The Kier molecular flexibility index (Phi) is 6.80. The highest BCUT2D eigenvalue weighted by Gasteiger charge is 2.09. The van der Waals surface area contributed by atoms with Gasteiger partial charge in [0, 0.05) is 11.4 Å². The van der Waals surface area contributed by atoms with Crippen LogP contribution in [0.4, 0.5) is 23.3 Å². The Morgan fingerprint density at radius 3 is 2.57 bits per heavy atom. The fourth-order valence-corrected chi connectivity index (χ4v) is 3.25. The van der Waals surface area contributed by atoms with E-state index in [1.807, 2.05) is 54.6 Å². The molecule has 28 heavy (non-hydrogen) atoms. The van der Waals surface area contributed by atoms with E-state index in [0.717, 1.165) is 23.4 Å². The molecule has 0 aliphatic rings. The Morgan fingerprint density at radius 2 is 1.79 bits per heavy atom. The fraction of sp³-hybridized carbons (Fsp3) is 0.200. The number of thioether (sulfide) groups is 1. The number of carbonyl (C=O) groups excluding carboxylic acids is 1. The molecule has 0 aliphatic heterocycles. The maximum absolute atomic E-state index is 12.2. The predicted molar refractivity (Wildman–Crippen MR) is 115 cm³/mol. The van der Waals surface area contributed by atoms with Crippen LogP contribution in [0.2, 0.25) is 0 Å². The number of nitrogen functional groups attached to an aromatic ring is 1. The van der Waals surface area contributed by atoms with E-state index < -0.39 is 0 Å². The van der Waals surface area contributed by atoms with Crippen molar-refractivity contribution in [2.75, 3.05) is 22.1 Å². The molecule has 1 amide bonds. The Hall–Kier alpha value is -3.13. The van der Waals surface area contributed by atoms with Crippen molar-refractivity contribution in [2.45, 2.75) is 19.1 Å². The summed E-state index contributed by atoms with van der Waals surface area (Å²) in [5.41, 5.74) is 8.62. The van der Waals surface area contributed by atoms with Gasteiger partial charge in [-0.05, 0) is 30.2 Å². The smallest absolute Gasteiger partial charge is 0.234 e. The van der Waals surface area contributed by atoms with E-state index in [1.165, 1.54) is 11.8 Å². The van der Waals surface area contributed by atoms with Crippen LogP contribution < -0.4 is 16.4 Å². The lowest BCUT2D eigenvalue weighted by molar-refractivity contribution is -0.113. The van der Waals surface area contributed by atoms with Crippen molar-refractivity contribution >= 4 is 40.9 Å². The topological polar surface area (TPSA) is 106 Å². The second-order valence-corrected chi connectivity index (χ2v) is 6.96. The Labute approximate surface area is 168 Å². The third-order valence-electron chi connectivity index (χ3n) is 3.87. The highest BCUT2D eigenvalue weighted by Crippen LogP contribution is 2.18. The third kappa shape index (κ3) is 5.68. The molecule has 4 N–H and O–H groups in total. The summed E-state index contributed by atoms with van der Waals surface area (Å²) in [6.07, 6.45) is 0.866. The van der Waals surface area contributed by atoms with Crippen molar-refractivity contribution in [3.05, 3.63) is 66.0 Å². The van der Waals surface area contributed by atoms with Gasteiger partial charge in [0.2, 0.25) is 17.8 Å². The maximum atomic E-state index is 12.2. The van der Waals surface area contributed by atoms with Crippen LogP contribution in [-0.4, -0.2) is 26.6 Å². The highest BCUT2D eigenvalue weighted by atomic mass is 32.2. The summed E-state index contributed by atoms with van der Waals surface area (Å²) in [4.78, 5) is 24.8. The molecule has 0 bridgehead atoms. The number of amides is 1. The van der Waals surface area contributed by atoms with E-state index in [-0.39, 0.29) is 11.9 Å². The quantitative estimate of drug-likeness (QED) is 0.536. The molecular formula is C20H22N6OS. The van der Waals surface area contributed by atoms with Gasteiger partial charge in [-0.3, -0.25) is 4.79 Å². The van der Waals surface area contributed by atoms with Gasteiger partial charge in [-0.1, -0.05) is 43.3 Å². The lowest BCUT2D eigenvalue weighted by Crippen LogP contribution is -2.15. The number of rotatable bonds is 8. The molecule has 3 rings (SSSR count). The molecule has 2 aromatic carbocycles. The average Bonchev–Trinajstić information content (AvgIpc) is 2.69. The molecule has 0 aliphatic carbocycles. The standard InChI is InChI=1S/C20H22N6OS/c1-2-14-8-6-7-11-16(14)23-18(27)13-28-12-17-24-19(21)26-20(25-17)22-15-9-4-3-5-10-15/h3-11H,2,12-13H2,1H3,(H,23,27)(H3,21,22,24,25,26). The van der Waals surface area contributed by atoms with Crippen molar-refractivity contribution in [3.8, 4) is 0 Å². The predicted octanol–water partition coefficient (Wildman–Crippen LogP) is 3.63. The first-order valence-electron chi connectivity index (χ1n) is 8.92. The highest BCUT2D eigenvalue weighted by molar-refractivity contribution is 7.99. The fourth-order valence-electron chi connectivity index (χ4n) is 2.58. The Bertz CT molecular complexity index is 935. The molecule has 0 saturated heterocycles. The molecule has 7 nitrogen and oxygen atoms in total. The second kappa shape index (κ2) is 9.70. The zero-order valence-electron chi connectivity index (χ0n) is 15.6. The van der Waals surface area contributed by atoms with Crippen molar-refractivity contribution in [2.24, 2.45) is 0 Å². The van der Waals surface area contributed by atoms with Crippen molar-refractivity contribution in [3.63, 3.8) is 0 Å². The molecule has 144 valence electrons. The number of nitrogens with zero attached hydrogens (tertiary/aromatic N) is 3. The zero-order valence-corrected chi connectivity index (χ0v) is 16.4. The number of hydrogen-bond donors (Lipinski definition) is 3. The van der Waals surface area contributed by atoms with Crippen LogP contribution in [0, 0.1) is 0 Å². The summed E-state index contributed by atoms with van der Waals surface area (Å²) in [5, 5.41) is 6.05. The van der Waals surface area contributed by atoms with E-state index in [0.29, 0.717) is 23.3 Å². The SMILES string of the molecule is CCc1ccccc1NC(=O)CSCc1nc(N)nc(Nc2ccccc2)n1. The van der Waals surface area contributed by atoms with Crippen LogP contribution in [0.1, 0.15) is 18.3 Å². The van der Waals surface area contributed by atoms with Gasteiger partial charge in [0.15, 0.2) is 0 Å². The van der Waals surface area contributed by atoms with E-state index in [4.69, 9.17) is 5.73 Å². The van der Waals surface area contributed by atoms with Gasteiger partial charge >= 0.3 is 0 Å². The number of nitrogens with one attached hydrogen (secondary N) is 2. The van der Waals surface area contributed by atoms with E-state index in [1.54, 1.807) is 0 Å². The number of hydrogen-bond acceptors (Lipinski definition) is 7. The number of carbonyl (C=O) groups is 1. The van der Waals surface area contributed by atoms with Crippen LogP contribution in [0.15, 0.2) is 54.6 Å². The first kappa shape index (κ1) is 19.6. The monoisotopic (exact) mass is 394 g/mol. The van der Waals surface area contributed by atoms with Crippen LogP contribution in [0.3, 0.4) is 0 Å². The van der Waals surface area contributed by atoms with Gasteiger partial charge in [-0.2, -0.15) is 15.0 Å². The molecule has 0 saturated carbocycles. The second-order valence-electron chi connectivity index (χ2n) is 5.98. The molecule has 0 atom stereocenters. The van der Waals surface area contributed by atoms with Crippen molar-refractivity contribution in [1.82, 2.24) is 15.0 Å². The Morgan fingerprint density at radius 1 is 1.04 bits per heavy atom. The van der Waals surface area contributed by atoms with Crippen LogP contribution in [0.5, 0.6) is 0 Å². The molecule has 0 radical (unpaired) electrons. The molecule has 0 unspecified atom stereocenters. The maximum Gasteiger partial charge on any atom is 0.234 e. The Balaban J connectivity index is 1.55. The molecule has 1 heterocycles. The molecule has 0 fully saturated rings. The van der Waals surface area contributed by atoms with E-state index in [2.05, 4.69) is 32.5 Å². The summed E-state index contributed by atoms with van der Waals surface area (Å²) in [7, 11) is 0. The van der Waals surface area contributed by atoms with Gasteiger partial charge < -0.3 is 16.4 Å². The molecule has 8 heteroatoms. The van der Waals surface area contributed by atoms with Gasteiger partial charge in [0.25, 0.3) is 0 Å². The summed E-state index contributed by atoms with van der Waals surface area (Å²) in [6.45, 7) is 2.06. The number of para-hydroxylation sites is 2. The molecular weight excluding hydrogens is 372 g/mol. The van der Waals surface area contributed by atoms with Crippen molar-refractivity contribution in [1.29, 1.82) is 0 Å². The van der Waals surface area contributed by atoms with Gasteiger partial charge in [0.1, 0.15) is 5.82 Å². The first-order chi connectivity index (χ1) is 13.6. The van der Waals surface area contributed by atoms with E-state index in [9.17, 15) is 4.79 Å². The summed E-state index contributed by atoms with van der Waals surface area (Å²) in [5.74, 6) is 1.75. The number of aromatic nitrogens is 3. The number of anilines is 4. The van der Waals surface area contributed by atoms with Crippen molar-refractivity contribution < 1.29 is 4.79 Å². The normalized spacial score (nSPS) is 10.5. The summed E-state index contributed by atoms with van der Waals surface area (Å²) in [6, 6.07) is 17.4. The van der Waals surface area contributed by atoms with Crippen LogP contribution in [-0.2, 0) is 17.0 Å². The summed E-state index contributed by atoms with van der Waals surface area (Å²) < 4.78 is 0. The average molecular weight is 395 g/mol. The lowest BCUT2D eigenvalue weighted by atomic mass is 10.1. The largest absolute Gasteiger partial charge is 0.368 e. The zero-order chi connectivity index (χ0) is 19.8. The molecule has 3 aromatic rings. The van der Waals surface area contributed by atoms with Crippen LogP contribution in [0.25, 0.3) is 0 Å². The number of nitrogens with two attached hydrogens (primary N) is 1. The molecule has 1 aromatic heterocycles. The minimum atomic E-state index is -0.0597. The van der Waals surface area contributed by atoms with Gasteiger partial charge in [0.05, 0.1) is 11.5 Å². The van der Waals surface area contributed by atoms with Gasteiger partial charge in [-0.25, -0.2) is 0 Å². The molecule has 0 spiro atoms.